The van der Waals surface area contributed by atoms with Crippen LogP contribution in [0.2, 0.25) is 0 Å². The van der Waals surface area contributed by atoms with Gasteiger partial charge in [-0.15, -0.1) is 0 Å². The normalized spacial score (nSPS) is 18.6. The number of amides is 1. The van der Waals surface area contributed by atoms with Crippen molar-refractivity contribution in [1.82, 2.24) is 25.0 Å². The Morgan fingerprint density at radius 2 is 2.08 bits per heavy atom. The molecule has 0 spiro atoms. The standard InChI is InChI=1S/C26H30F3N5O2S/c1-26(28,29)15-36-25-31-21-14-34(12-10-22(21)37-25)11-9-16-3-5-17(6-4-16)30-24(35)18-7-8-20(27)23-19(18)13-33(2)32-23/h7-9,13,17H,3-6,10-12,14-15H2,1-2H3,(H,30,35). The second-order valence-corrected chi connectivity index (χ2v) is 11.0. The molecule has 0 radical (unpaired) electrons. The van der Waals surface area contributed by atoms with Crippen LogP contribution in [-0.2, 0) is 20.0 Å². The first-order valence-corrected chi connectivity index (χ1v) is 13.3. The maximum Gasteiger partial charge on any atom is 0.278 e. The molecule has 11 heteroatoms. The van der Waals surface area contributed by atoms with Gasteiger partial charge in [-0.3, -0.25) is 14.4 Å². The first-order chi connectivity index (χ1) is 17.6. The summed E-state index contributed by atoms with van der Waals surface area (Å²) in [6, 6.07) is 2.88. The number of carbonyl (C=O) groups excluding carboxylic acids is 1. The summed E-state index contributed by atoms with van der Waals surface area (Å²) < 4.78 is 46.9. The molecule has 1 aliphatic heterocycles. The number of ether oxygens (including phenoxy) is 1. The number of benzene rings is 1. The van der Waals surface area contributed by atoms with E-state index < -0.39 is 18.3 Å². The molecule has 7 nitrogen and oxygen atoms in total. The summed E-state index contributed by atoms with van der Waals surface area (Å²) in [6.07, 6.45) is 8.31. The van der Waals surface area contributed by atoms with E-state index in [0.717, 1.165) is 62.7 Å². The summed E-state index contributed by atoms with van der Waals surface area (Å²) in [4.78, 5) is 20.7. The van der Waals surface area contributed by atoms with E-state index in [1.54, 1.807) is 13.2 Å². The monoisotopic (exact) mass is 533 g/mol. The van der Waals surface area contributed by atoms with Crippen molar-refractivity contribution in [2.24, 2.45) is 7.05 Å². The van der Waals surface area contributed by atoms with Crippen molar-refractivity contribution in [1.29, 1.82) is 0 Å². The predicted octanol–water partition coefficient (Wildman–Crippen LogP) is 4.86. The molecule has 3 aromatic rings. The van der Waals surface area contributed by atoms with E-state index in [1.807, 2.05) is 0 Å². The lowest BCUT2D eigenvalue weighted by Gasteiger charge is -2.27. The number of aromatic nitrogens is 3. The molecule has 0 atom stereocenters. The second-order valence-electron chi connectivity index (χ2n) is 9.96. The van der Waals surface area contributed by atoms with Gasteiger partial charge in [-0.1, -0.05) is 23.0 Å². The van der Waals surface area contributed by atoms with Gasteiger partial charge < -0.3 is 10.1 Å². The quantitative estimate of drug-likeness (QED) is 0.439. The molecule has 1 aliphatic carbocycles. The Kier molecular flexibility index (Phi) is 7.26. The molecule has 1 aromatic carbocycles. The van der Waals surface area contributed by atoms with E-state index in [9.17, 15) is 18.0 Å². The number of nitrogens with zero attached hydrogens (tertiary/aromatic N) is 4. The Bertz CT molecular complexity index is 1320. The van der Waals surface area contributed by atoms with E-state index in [0.29, 0.717) is 22.7 Å². The summed E-state index contributed by atoms with van der Waals surface area (Å²) in [6.45, 7) is 2.56. The Hall–Kier alpha value is -2.92. The zero-order chi connectivity index (χ0) is 26.2. The molecule has 1 saturated carbocycles. The van der Waals surface area contributed by atoms with Gasteiger partial charge in [0.25, 0.3) is 17.0 Å². The number of hydrogen-bond donors (Lipinski definition) is 1. The van der Waals surface area contributed by atoms with Crippen molar-refractivity contribution in [3.8, 4) is 5.19 Å². The Balaban J connectivity index is 1.11. The van der Waals surface area contributed by atoms with Gasteiger partial charge in [0.1, 0.15) is 5.52 Å². The summed E-state index contributed by atoms with van der Waals surface area (Å²) >= 11 is 1.36. The summed E-state index contributed by atoms with van der Waals surface area (Å²) in [7, 11) is 1.71. The maximum atomic E-state index is 14.0. The maximum absolute atomic E-state index is 14.0. The molecule has 5 rings (SSSR count). The van der Waals surface area contributed by atoms with Crippen molar-refractivity contribution in [2.45, 2.75) is 57.5 Å². The topological polar surface area (TPSA) is 72.3 Å². The lowest BCUT2D eigenvalue weighted by molar-refractivity contribution is -0.0230. The molecular formula is C26H30F3N5O2S. The molecule has 2 aromatic heterocycles. The average molecular weight is 534 g/mol. The molecule has 1 fully saturated rings. The van der Waals surface area contributed by atoms with E-state index >= 15 is 0 Å². The summed E-state index contributed by atoms with van der Waals surface area (Å²) in [5.74, 6) is -3.51. The number of fused-ring (bicyclic) bond motifs is 2. The van der Waals surface area contributed by atoms with E-state index in [1.165, 1.54) is 33.7 Å². The first kappa shape index (κ1) is 25.7. The molecule has 1 amide bonds. The number of hydrogen-bond acceptors (Lipinski definition) is 6. The predicted molar refractivity (Wildman–Crippen MR) is 136 cm³/mol. The number of thiazole rings is 1. The number of carbonyl (C=O) groups is 1. The number of allylic oxidation sites excluding steroid dienone is 1. The molecule has 0 bridgehead atoms. The van der Waals surface area contributed by atoms with Crippen LogP contribution in [0.4, 0.5) is 13.2 Å². The van der Waals surface area contributed by atoms with Gasteiger partial charge in [-0.05, 0) is 44.2 Å². The fourth-order valence-corrected chi connectivity index (χ4v) is 5.78. The number of halogens is 3. The lowest BCUT2D eigenvalue weighted by Crippen LogP contribution is -2.36. The van der Waals surface area contributed by atoms with Crippen LogP contribution < -0.4 is 10.1 Å². The molecule has 3 heterocycles. The molecule has 0 saturated heterocycles. The number of rotatable bonds is 7. The van der Waals surface area contributed by atoms with Crippen molar-refractivity contribution in [3.05, 3.63) is 51.9 Å². The smallest absolute Gasteiger partial charge is 0.278 e. The van der Waals surface area contributed by atoms with Crippen LogP contribution in [0, 0.1) is 5.82 Å². The minimum Gasteiger partial charge on any atom is -0.464 e. The van der Waals surface area contributed by atoms with Crippen LogP contribution in [0.3, 0.4) is 0 Å². The van der Waals surface area contributed by atoms with Crippen LogP contribution >= 0.6 is 11.3 Å². The fraction of sp³-hybridized carbons (Fsp3) is 0.500. The van der Waals surface area contributed by atoms with Gasteiger partial charge in [-0.2, -0.15) is 5.10 Å². The third-order valence-corrected chi connectivity index (χ3v) is 7.89. The third-order valence-electron chi connectivity index (χ3n) is 6.82. The zero-order valence-corrected chi connectivity index (χ0v) is 21.7. The van der Waals surface area contributed by atoms with E-state index in [2.05, 4.69) is 26.4 Å². The SMILES string of the molecule is Cn1cc2c(C(=O)NC3CCC(=CCN4CCc5sc(OCC(C)(F)F)nc5C4)CC3)ccc(F)c2n1. The van der Waals surface area contributed by atoms with Crippen LogP contribution in [-0.4, -0.2) is 57.2 Å². The van der Waals surface area contributed by atoms with Gasteiger partial charge in [0.2, 0.25) is 0 Å². The van der Waals surface area contributed by atoms with Gasteiger partial charge in [0.15, 0.2) is 12.4 Å². The number of nitrogens with one attached hydrogen (secondary N) is 1. The minimum atomic E-state index is -2.88. The van der Waals surface area contributed by atoms with Crippen LogP contribution in [0.15, 0.2) is 30.0 Å². The molecule has 0 unspecified atom stereocenters. The van der Waals surface area contributed by atoms with Crippen molar-refractivity contribution >= 4 is 28.1 Å². The average Bonchev–Trinajstić information content (AvgIpc) is 3.45. The highest BCUT2D eigenvalue weighted by atomic mass is 32.1. The molecule has 1 N–H and O–H groups in total. The highest BCUT2D eigenvalue weighted by Gasteiger charge is 2.26. The Morgan fingerprint density at radius 3 is 2.84 bits per heavy atom. The van der Waals surface area contributed by atoms with Gasteiger partial charge in [-0.25, -0.2) is 18.2 Å². The van der Waals surface area contributed by atoms with Gasteiger partial charge >= 0.3 is 0 Å². The largest absolute Gasteiger partial charge is 0.464 e. The highest BCUT2D eigenvalue weighted by molar-refractivity contribution is 7.13. The van der Waals surface area contributed by atoms with Gasteiger partial charge in [0, 0.05) is 56.1 Å². The van der Waals surface area contributed by atoms with Crippen LogP contribution in [0.25, 0.3) is 10.9 Å². The van der Waals surface area contributed by atoms with Crippen LogP contribution in [0.1, 0.15) is 53.5 Å². The van der Waals surface area contributed by atoms with E-state index in [4.69, 9.17) is 4.74 Å². The van der Waals surface area contributed by atoms with Crippen molar-refractivity contribution in [2.75, 3.05) is 19.7 Å². The number of aryl methyl sites for hydroxylation is 1. The van der Waals surface area contributed by atoms with Crippen molar-refractivity contribution in [3.63, 3.8) is 0 Å². The third kappa shape index (κ3) is 6.15. The molecule has 37 heavy (non-hydrogen) atoms. The Labute approximate surface area is 217 Å². The van der Waals surface area contributed by atoms with Crippen molar-refractivity contribution < 1.29 is 22.7 Å². The summed E-state index contributed by atoms with van der Waals surface area (Å²) in [5, 5.41) is 8.06. The molecular weight excluding hydrogens is 503 g/mol. The zero-order valence-electron chi connectivity index (χ0n) is 20.9. The minimum absolute atomic E-state index is 0.0721. The van der Waals surface area contributed by atoms with E-state index in [-0.39, 0.29) is 17.5 Å². The lowest BCUT2D eigenvalue weighted by atomic mass is 9.90. The number of alkyl halides is 2. The summed E-state index contributed by atoms with van der Waals surface area (Å²) in [5.41, 5.74) is 2.94. The molecule has 198 valence electrons. The van der Waals surface area contributed by atoms with Crippen LogP contribution in [0.5, 0.6) is 5.19 Å². The van der Waals surface area contributed by atoms with Gasteiger partial charge in [0.05, 0.1) is 11.3 Å². The highest BCUT2D eigenvalue weighted by Crippen LogP contribution is 2.31. The first-order valence-electron chi connectivity index (χ1n) is 12.5. The fourth-order valence-electron chi connectivity index (χ4n) is 4.88. The second kappa shape index (κ2) is 10.4. The molecule has 2 aliphatic rings. The Morgan fingerprint density at radius 1 is 1.30 bits per heavy atom.